The van der Waals surface area contributed by atoms with Crippen LogP contribution in [0.1, 0.15) is 19.4 Å². The smallest absolute Gasteiger partial charge is 0.328 e. The molecule has 0 aliphatic heterocycles. The second kappa shape index (κ2) is 6.44. The summed E-state index contributed by atoms with van der Waals surface area (Å²) in [5.41, 5.74) is 1.41. The van der Waals surface area contributed by atoms with Crippen LogP contribution in [-0.2, 0) is 4.79 Å². The summed E-state index contributed by atoms with van der Waals surface area (Å²) in [7, 11) is 0. The minimum absolute atomic E-state index is 0.0720. The fourth-order valence-corrected chi connectivity index (χ4v) is 1.27. The number of nitrogens with one attached hydrogen (secondary N) is 2. The lowest BCUT2D eigenvalue weighted by Gasteiger charge is -2.10. The molecule has 0 saturated heterocycles. The van der Waals surface area contributed by atoms with E-state index >= 15 is 0 Å². The van der Waals surface area contributed by atoms with Crippen molar-refractivity contribution in [3.8, 4) is 0 Å². The Morgan fingerprint density at radius 2 is 1.83 bits per heavy atom. The molecule has 1 aromatic rings. The number of anilines is 1. The van der Waals surface area contributed by atoms with Crippen LogP contribution in [0.2, 0.25) is 0 Å². The summed E-state index contributed by atoms with van der Waals surface area (Å²) < 4.78 is 0. The zero-order chi connectivity index (χ0) is 13.5. The molecule has 1 aromatic carbocycles. The standard InChI is InChI=1S/C13H16N2O3/c1-9(2)14-13(18)15-11-6-3-10(4-7-11)5-8-12(16)17/h3-9H,1-2H3,(H,16,17)(H2,14,15,18)/b8-5+. The topological polar surface area (TPSA) is 78.4 Å². The van der Waals surface area contributed by atoms with Crippen molar-refractivity contribution in [2.75, 3.05) is 5.32 Å². The van der Waals surface area contributed by atoms with Crippen molar-refractivity contribution in [1.29, 1.82) is 0 Å². The maximum absolute atomic E-state index is 11.4. The van der Waals surface area contributed by atoms with Crippen LogP contribution in [-0.4, -0.2) is 23.1 Å². The number of amides is 2. The minimum atomic E-state index is -0.992. The third kappa shape index (κ3) is 5.16. The average molecular weight is 248 g/mol. The van der Waals surface area contributed by atoms with Gasteiger partial charge in [-0.3, -0.25) is 0 Å². The van der Waals surface area contributed by atoms with Crippen LogP contribution in [0.4, 0.5) is 10.5 Å². The van der Waals surface area contributed by atoms with Crippen LogP contribution in [0.25, 0.3) is 6.08 Å². The fraction of sp³-hybridized carbons (Fsp3) is 0.231. The first-order valence-corrected chi connectivity index (χ1v) is 5.56. The lowest BCUT2D eigenvalue weighted by molar-refractivity contribution is -0.131. The molecule has 0 aliphatic rings. The first-order valence-electron chi connectivity index (χ1n) is 5.56. The molecule has 0 aliphatic carbocycles. The Morgan fingerprint density at radius 3 is 2.33 bits per heavy atom. The van der Waals surface area contributed by atoms with E-state index in [1.807, 2.05) is 13.8 Å². The molecule has 0 heterocycles. The lowest BCUT2D eigenvalue weighted by atomic mass is 10.2. The zero-order valence-corrected chi connectivity index (χ0v) is 10.3. The molecule has 0 unspecified atom stereocenters. The third-order valence-corrected chi connectivity index (χ3v) is 2.01. The van der Waals surface area contributed by atoms with E-state index in [1.54, 1.807) is 24.3 Å². The number of carbonyl (C=O) groups is 2. The maximum Gasteiger partial charge on any atom is 0.328 e. The van der Waals surface area contributed by atoms with Gasteiger partial charge in [-0.2, -0.15) is 0 Å². The van der Waals surface area contributed by atoms with Gasteiger partial charge >= 0.3 is 12.0 Å². The Morgan fingerprint density at radius 1 is 1.22 bits per heavy atom. The monoisotopic (exact) mass is 248 g/mol. The molecule has 0 radical (unpaired) electrons. The molecule has 5 heteroatoms. The van der Waals surface area contributed by atoms with Crippen molar-refractivity contribution in [3.05, 3.63) is 35.9 Å². The van der Waals surface area contributed by atoms with E-state index in [0.29, 0.717) is 5.69 Å². The van der Waals surface area contributed by atoms with Crippen molar-refractivity contribution in [1.82, 2.24) is 5.32 Å². The molecule has 1 rings (SSSR count). The summed E-state index contributed by atoms with van der Waals surface area (Å²) in [6.45, 7) is 3.75. The van der Waals surface area contributed by atoms with Crippen LogP contribution in [0, 0.1) is 0 Å². The van der Waals surface area contributed by atoms with Crippen LogP contribution in [0.5, 0.6) is 0 Å². The van der Waals surface area contributed by atoms with Gasteiger partial charge in [-0.1, -0.05) is 12.1 Å². The van der Waals surface area contributed by atoms with Gasteiger partial charge < -0.3 is 15.7 Å². The zero-order valence-electron chi connectivity index (χ0n) is 10.3. The van der Waals surface area contributed by atoms with E-state index in [9.17, 15) is 9.59 Å². The van der Waals surface area contributed by atoms with Gasteiger partial charge in [0.15, 0.2) is 0 Å². The Kier molecular flexibility index (Phi) is 4.92. The molecule has 3 N–H and O–H groups in total. The van der Waals surface area contributed by atoms with Gasteiger partial charge in [-0.05, 0) is 37.6 Å². The number of carboxylic acid groups (broad SMARTS) is 1. The Hall–Kier alpha value is -2.30. The quantitative estimate of drug-likeness (QED) is 0.715. The molecule has 2 amide bonds. The van der Waals surface area contributed by atoms with Gasteiger partial charge in [-0.15, -0.1) is 0 Å². The van der Waals surface area contributed by atoms with Crippen molar-refractivity contribution in [2.45, 2.75) is 19.9 Å². The summed E-state index contributed by atoms with van der Waals surface area (Å²) in [5.74, 6) is -0.992. The van der Waals surface area contributed by atoms with E-state index in [4.69, 9.17) is 5.11 Å². The van der Waals surface area contributed by atoms with Gasteiger partial charge in [0.25, 0.3) is 0 Å². The highest BCUT2D eigenvalue weighted by Gasteiger charge is 2.02. The molecule has 0 atom stereocenters. The molecule has 0 aromatic heterocycles. The first kappa shape index (κ1) is 13.8. The Labute approximate surface area is 106 Å². The second-order valence-corrected chi connectivity index (χ2v) is 4.05. The van der Waals surface area contributed by atoms with Crippen LogP contribution >= 0.6 is 0 Å². The van der Waals surface area contributed by atoms with Crippen LogP contribution in [0.3, 0.4) is 0 Å². The molecule has 0 saturated carbocycles. The van der Waals surface area contributed by atoms with Crippen molar-refractivity contribution >= 4 is 23.8 Å². The number of hydrogen-bond donors (Lipinski definition) is 3. The highest BCUT2D eigenvalue weighted by Crippen LogP contribution is 2.10. The van der Waals surface area contributed by atoms with Crippen molar-refractivity contribution in [3.63, 3.8) is 0 Å². The molecule has 0 bridgehead atoms. The largest absolute Gasteiger partial charge is 0.478 e. The van der Waals surface area contributed by atoms with Crippen LogP contribution in [0.15, 0.2) is 30.3 Å². The van der Waals surface area contributed by atoms with E-state index in [0.717, 1.165) is 11.6 Å². The van der Waals surface area contributed by atoms with E-state index in [2.05, 4.69) is 10.6 Å². The molecule has 0 spiro atoms. The van der Waals surface area contributed by atoms with Gasteiger partial charge in [0.05, 0.1) is 0 Å². The number of carbonyl (C=O) groups excluding carboxylic acids is 1. The van der Waals surface area contributed by atoms with Crippen molar-refractivity contribution < 1.29 is 14.7 Å². The summed E-state index contributed by atoms with van der Waals surface area (Å²) >= 11 is 0. The summed E-state index contributed by atoms with van der Waals surface area (Å²) in [4.78, 5) is 21.7. The van der Waals surface area contributed by atoms with E-state index in [-0.39, 0.29) is 12.1 Å². The van der Waals surface area contributed by atoms with E-state index in [1.165, 1.54) is 6.08 Å². The number of hydrogen-bond acceptors (Lipinski definition) is 2. The highest BCUT2D eigenvalue weighted by molar-refractivity contribution is 5.89. The SMILES string of the molecule is CC(C)NC(=O)Nc1ccc(/C=C/C(=O)O)cc1. The van der Waals surface area contributed by atoms with Crippen LogP contribution < -0.4 is 10.6 Å². The second-order valence-electron chi connectivity index (χ2n) is 4.05. The Bertz CT molecular complexity index is 450. The van der Waals surface area contributed by atoms with Gasteiger partial charge in [0.1, 0.15) is 0 Å². The lowest BCUT2D eigenvalue weighted by Crippen LogP contribution is -2.34. The molecule has 5 nitrogen and oxygen atoms in total. The van der Waals surface area contributed by atoms with Gasteiger partial charge in [0, 0.05) is 17.8 Å². The van der Waals surface area contributed by atoms with Crippen molar-refractivity contribution in [2.24, 2.45) is 0 Å². The first-order chi connectivity index (χ1) is 8.47. The van der Waals surface area contributed by atoms with Gasteiger partial charge in [-0.25, -0.2) is 9.59 Å². The minimum Gasteiger partial charge on any atom is -0.478 e. The number of urea groups is 1. The predicted molar refractivity (Wildman–Crippen MR) is 70.4 cm³/mol. The predicted octanol–water partition coefficient (Wildman–Crippen LogP) is 2.31. The van der Waals surface area contributed by atoms with E-state index < -0.39 is 5.97 Å². The number of benzene rings is 1. The molecular formula is C13H16N2O3. The highest BCUT2D eigenvalue weighted by atomic mass is 16.4. The molecule has 0 fully saturated rings. The molecular weight excluding hydrogens is 232 g/mol. The fourth-order valence-electron chi connectivity index (χ4n) is 1.27. The number of aliphatic carboxylic acids is 1. The normalized spacial score (nSPS) is 10.6. The number of carboxylic acids is 1. The molecule has 96 valence electrons. The number of rotatable bonds is 4. The summed E-state index contributed by atoms with van der Waals surface area (Å²) in [6, 6.07) is 6.68. The average Bonchev–Trinajstić information content (AvgIpc) is 2.26. The Balaban J connectivity index is 2.60. The summed E-state index contributed by atoms with van der Waals surface area (Å²) in [5, 5.41) is 13.9. The third-order valence-electron chi connectivity index (χ3n) is 2.01. The summed E-state index contributed by atoms with van der Waals surface area (Å²) in [6.07, 6.45) is 2.55. The molecule has 18 heavy (non-hydrogen) atoms. The maximum atomic E-state index is 11.4. The van der Waals surface area contributed by atoms with Gasteiger partial charge in [0.2, 0.25) is 0 Å².